The maximum absolute atomic E-state index is 8.64. The van der Waals surface area contributed by atoms with Crippen molar-refractivity contribution in [3.63, 3.8) is 0 Å². The van der Waals surface area contributed by atoms with E-state index >= 15 is 0 Å². The molecule has 0 aromatic carbocycles. The number of nitrogens with two attached hydrogens (primary N) is 1. The molecule has 0 aromatic heterocycles. The molecule has 0 aliphatic heterocycles. The lowest BCUT2D eigenvalue weighted by Crippen LogP contribution is -1.97. The van der Waals surface area contributed by atoms with Crippen molar-refractivity contribution in [3.05, 3.63) is 0 Å². The minimum Gasteiger partial charge on any atom is -0.396 e. The third kappa shape index (κ3) is 15.9. The average molecular weight is 243 g/mol. The Labute approximate surface area is 108 Å². The topological polar surface area (TPSA) is 46.2 Å². The number of rotatable bonds is 14. The monoisotopic (exact) mass is 243 g/mol. The van der Waals surface area contributed by atoms with Gasteiger partial charge in [-0.1, -0.05) is 70.6 Å². The van der Waals surface area contributed by atoms with Crippen LogP contribution in [0.3, 0.4) is 0 Å². The zero-order valence-corrected chi connectivity index (χ0v) is 11.6. The number of hydrogen-bond acceptors (Lipinski definition) is 2. The molecule has 0 aromatic rings. The minimum absolute atomic E-state index is 0.365. The van der Waals surface area contributed by atoms with Crippen LogP contribution in [0.1, 0.15) is 83.5 Å². The fourth-order valence-electron chi connectivity index (χ4n) is 2.20. The van der Waals surface area contributed by atoms with Gasteiger partial charge in [0.2, 0.25) is 0 Å². The minimum atomic E-state index is 0.365. The standard InChI is InChI=1S/C15H33NO/c16-14-12-10-8-6-4-2-1-3-5-7-9-11-13-15-17/h17H,1-16H2. The lowest BCUT2D eigenvalue weighted by Gasteiger charge is -2.02. The molecule has 0 atom stereocenters. The Kier molecular flexibility index (Phi) is 15.8. The molecular weight excluding hydrogens is 210 g/mol. The Morgan fingerprint density at radius 3 is 1.06 bits per heavy atom. The highest BCUT2D eigenvalue weighted by Crippen LogP contribution is 2.12. The molecule has 0 saturated carbocycles. The number of aliphatic hydroxyl groups excluding tert-OH is 1. The van der Waals surface area contributed by atoms with Crippen molar-refractivity contribution in [1.82, 2.24) is 0 Å². The molecule has 0 fully saturated rings. The molecule has 104 valence electrons. The van der Waals surface area contributed by atoms with Crippen molar-refractivity contribution in [3.8, 4) is 0 Å². The highest BCUT2D eigenvalue weighted by Gasteiger charge is 1.93. The van der Waals surface area contributed by atoms with E-state index < -0.39 is 0 Å². The van der Waals surface area contributed by atoms with Gasteiger partial charge in [0.15, 0.2) is 0 Å². The Hall–Kier alpha value is -0.0800. The van der Waals surface area contributed by atoms with Gasteiger partial charge in [-0.05, 0) is 19.4 Å². The molecule has 0 unspecified atom stereocenters. The van der Waals surface area contributed by atoms with Crippen LogP contribution in [0.5, 0.6) is 0 Å². The highest BCUT2D eigenvalue weighted by molar-refractivity contribution is 4.49. The van der Waals surface area contributed by atoms with E-state index in [-0.39, 0.29) is 0 Å². The smallest absolute Gasteiger partial charge is 0.0431 e. The zero-order chi connectivity index (χ0) is 12.6. The zero-order valence-electron chi connectivity index (χ0n) is 11.6. The van der Waals surface area contributed by atoms with Gasteiger partial charge >= 0.3 is 0 Å². The van der Waals surface area contributed by atoms with Crippen LogP contribution in [-0.2, 0) is 0 Å². The first-order valence-corrected chi connectivity index (χ1v) is 7.72. The summed E-state index contributed by atoms with van der Waals surface area (Å²) in [4.78, 5) is 0. The molecule has 0 bridgehead atoms. The molecule has 0 amide bonds. The summed E-state index contributed by atoms with van der Waals surface area (Å²) in [6, 6.07) is 0. The highest BCUT2D eigenvalue weighted by atomic mass is 16.2. The van der Waals surface area contributed by atoms with Gasteiger partial charge in [-0.15, -0.1) is 0 Å². The van der Waals surface area contributed by atoms with Crippen molar-refractivity contribution >= 4 is 0 Å². The summed E-state index contributed by atoms with van der Waals surface area (Å²) in [5.74, 6) is 0. The molecule has 0 saturated heterocycles. The molecule has 0 aliphatic rings. The summed E-state index contributed by atoms with van der Waals surface area (Å²) in [5, 5.41) is 8.64. The van der Waals surface area contributed by atoms with Gasteiger partial charge in [-0.25, -0.2) is 0 Å². The molecular formula is C15H33NO. The molecule has 17 heavy (non-hydrogen) atoms. The van der Waals surface area contributed by atoms with Crippen LogP contribution in [0.4, 0.5) is 0 Å². The summed E-state index contributed by atoms with van der Waals surface area (Å²) in [7, 11) is 0. The Bertz CT molecular complexity index is 114. The van der Waals surface area contributed by atoms with Gasteiger partial charge in [0.25, 0.3) is 0 Å². The van der Waals surface area contributed by atoms with E-state index in [1.165, 1.54) is 77.0 Å². The van der Waals surface area contributed by atoms with Gasteiger partial charge in [0, 0.05) is 6.61 Å². The molecule has 0 radical (unpaired) electrons. The summed E-state index contributed by atoms with van der Waals surface area (Å²) in [5.41, 5.74) is 5.45. The summed E-state index contributed by atoms with van der Waals surface area (Å²) in [6.07, 6.45) is 17.2. The van der Waals surface area contributed by atoms with Crippen LogP contribution < -0.4 is 5.73 Å². The van der Waals surface area contributed by atoms with E-state index in [1.54, 1.807) is 0 Å². The lowest BCUT2D eigenvalue weighted by atomic mass is 10.0. The van der Waals surface area contributed by atoms with E-state index in [0.717, 1.165) is 13.0 Å². The maximum Gasteiger partial charge on any atom is 0.0431 e. The van der Waals surface area contributed by atoms with Crippen molar-refractivity contribution < 1.29 is 5.11 Å². The van der Waals surface area contributed by atoms with Crippen LogP contribution in [0.25, 0.3) is 0 Å². The van der Waals surface area contributed by atoms with Crippen LogP contribution >= 0.6 is 0 Å². The SMILES string of the molecule is NCCCCCCCCCCCCCCCO. The van der Waals surface area contributed by atoms with E-state index in [0.29, 0.717) is 6.61 Å². The van der Waals surface area contributed by atoms with Gasteiger partial charge < -0.3 is 10.8 Å². The van der Waals surface area contributed by atoms with E-state index in [4.69, 9.17) is 10.8 Å². The molecule has 3 N–H and O–H groups in total. The molecule has 2 nitrogen and oxygen atoms in total. The van der Waals surface area contributed by atoms with Gasteiger partial charge in [0.1, 0.15) is 0 Å². The molecule has 0 rings (SSSR count). The van der Waals surface area contributed by atoms with Gasteiger partial charge in [0.05, 0.1) is 0 Å². The normalized spacial score (nSPS) is 10.9. The maximum atomic E-state index is 8.64. The molecule has 2 heteroatoms. The van der Waals surface area contributed by atoms with Crippen molar-refractivity contribution in [1.29, 1.82) is 0 Å². The van der Waals surface area contributed by atoms with E-state index in [1.807, 2.05) is 0 Å². The molecule has 0 spiro atoms. The van der Waals surface area contributed by atoms with Gasteiger partial charge in [-0.2, -0.15) is 0 Å². The van der Waals surface area contributed by atoms with Crippen LogP contribution in [0, 0.1) is 0 Å². The quantitative estimate of drug-likeness (QED) is 0.453. The third-order valence-corrected chi connectivity index (χ3v) is 3.36. The average Bonchev–Trinajstić information content (AvgIpc) is 2.35. The number of unbranched alkanes of at least 4 members (excludes halogenated alkanes) is 12. The van der Waals surface area contributed by atoms with E-state index in [2.05, 4.69) is 0 Å². The fraction of sp³-hybridized carbons (Fsp3) is 1.00. The second kappa shape index (κ2) is 15.9. The molecule has 0 heterocycles. The van der Waals surface area contributed by atoms with Gasteiger partial charge in [-0.3, -0.25) is 0 Å². The van der Waals surface area contributed by atoms with Crippen LogP contribution in [-0.4, -0.2) is 18.3 Å². The second-order valence-electron chi connectivity index (χ2n) is 5.11. The number of hydrogen-bond donors (Lipinski definition) is 2. The second-order valence-corrected chi connectivity index (χ2v) is 5.11. The van der Waals surface area contributed by atoms with Crippen LogP contribution in [0.2, 0.25) is 0 Å². The first kappa shape index (κ1) is 16.9. The third-order valence-electron chi connectivity index (χ3n) is 3.36. The fourth-order valence-corrected chi connectivity index (χ4v) is 2.20. The Balaban J connectivity index is 2.85. The van der Waals surface area contributed by atoms with E-state index in [9.17, 15) is 0 Å². The first-order valence-electron chi connectivity index (χ1n) is 7.72. The summed E-state index contributed by atoms with van der Waals surface area (Å²) in [6.45, 7) is 1.22. The largest absolute Gasteiger partial charge is 0.396 e. The molecule has 0 aliphatic carbocycles. The predicted molar refractivity (Wildman–Crippen MR) is 76.2 cm³/mol. The summed E-state index contributed by atoms with van der Waals surface area (Å²) < 4.78 is 0. The lowest BCUT2D eigenvalue weighted by molar-refractivity contribution is 0.282. The first-order chi connectivity index (χ1) is 8.41. The van der Waals surface area contributed by atoms with Crippen LogP contribution in [0.15, 0.2) is 0 Å². The van der Waals surface area contributed by atoms with Crippen molar-refractivity contribution in [2.75, 3.05) is 13.2 Å². The predicted octanol–water partition coefficient (Wildman–Crippen LogP) is 4.01. The Morgan fingerprint density at radius 1 is 0.471 bits per heavy atom. The van der Waals surface area contributed by atoms with Crippen molar-refractivity contribution in [2.45, 2.75) is 83.5 Å². The van der Waals surface area contributed by atoms with Crippen molar-refractivity contribution in [2.24, 2.45) is 5.73 Å². The Morgan fingerprint density at radius 2 is 0.765 bits per heavy atom. The number of aliphatic hydroxyl groups is 1. The summed E-state index contributed by atoms with van der Waals surface area (Å²) >= 11 is 0.